The first kappa shape index (κ1) is 21.7. The molecule has 2 aromatic rings. The fourth-order valence-corrected chi connectivity index (χ4v) is 4.32. The van der Waals surface area contributed by atoms with Gasteiger partial charge in [-0.15, -0.1) is 11.3 Å². The number of rotatable bonds is 6. The molecule has 0 aliphatic heterocycles. The largest absolute Gasteiger partial charge is 0.385 e. The molecular formula is C20H27FN2O2S2. The summed E-state index contributed by atoms with van der Waals surface area (Å²) in [6.07, 6.45) is 0. The van der Waals surface area contributed by atoms with Crippen LogP contribution >= 0.6 is 23.3 Å². The maximum atomic E-state index is 14.0. The zero-order chi connectivity index (χ0) is 20.4. The Morgan fingerprint density at radius 1 is 1.15 bits per heavy atom. The molecule has 0 fully saturated rings. The van der Waals surface area contributed by atoms with Crippen molar-refractivity contribution in [1.29, 1.82) is 0 Å². The Labute approximate surface area is 168 Å². The molecule has 2 amide bonds. The fourth-order valence-electron chi connectivity index (χ4n) is 2.64. The number of amides is 2. The highest BCUT2D eigenvalue weighted by molar-refractivity contribution is 7.99. The van der Waals surface area contributed by atoms with Gasteiger partial charge in [-0.1, -0.05) is 27.7 Å². The quantitative estimate of drug-likeness (QED) is 0.498. The summed E-state index contributed by atoms with van der Waals surface area (Å²) in [5.41, 5.74) is 1.32. The first-order chi connectivity index (χ1) is 12.5. The highest BCUT2D eigenvalue weighted by Gasteiger charge is 2.20. The van der Waals surface area contributed by atoms with Crippen molar-refractivity contribution in [2.45, 2.75) is 63.2 Å². The third-order valence-electron chi connectivity index (χ3n) is 4.08. The van der Waals surface area contributed by atoms with Gasteiger partial charge in [-0.2, -0.15) is 0 Å². The summed E-state index contributed by atoms with van der Waals surface area (Å²) in [6.45, 7) is 11.3. The van der Waals surface area contributed by atoms with E-state index in [4.69, 9.17) is 0 Å². The zero-order valence-electron chi connectivity index (χ0n) is 16.5. The van der Waals surface area contributed by atoms with E-state index in [1.807, 2.05) is 39.8 Å². The number of hydrogen-bond donors (Lipinski definition) is 3. The van der Waals surface area contributed by atoms with Crippen LogP contribution in [-0.4, -0.2) is 11.1 Å². The summed E-state index contributed by atoms with van der Waals surface area (Å²) in [5.74, 6) is -0.138. The normalized spacial score (nSPS) is 11.9. The van der Waals surface area contributed by atoms with Gasteiger partial charge in [-0.05, 0) is 73.0 Å². The number of carbonyl (C=O) groups excluding carboxylic acids is 1. The highest BCUT2D eigenvalue weighted by atomic mass is 32.2. The van der Waals surface area contributed by atoms with E-state index in [2.05, 4.69) is 10.0 Å². The number of nitrogens with one attached hydrogen (secondary N) is 2. The summed E-state index contributed by atoms with van der Waals surface area (Å²) in [5, 5.41) is 12.9. The molecule has 1 heterocycles. The van der Waals surface area contributed by atoms with Crippen LogP contribution in [-0.2, 0) is 5.60 Å². The maximum Gasteiger partial charge on any atom is 0.329 e. The molecule has 0 unspecified atom stereocenters. The SMILES string of the molecule is CC(C)c1cc(F)cc(C(C)C)c1NC(=O)NSc1ccc(C(C)(C)O)s1. The minimum Gasteiger partial charge on any atom is -0.385 e. The zero-order valence-corrected chi connectivity index (χ0v) is 18.1. The second kappa shape index (κ2) is 8.63. The van der Waals surface area contributed by atoms with E-state index < -0.39 is 5.60 Å². The molecular weight excluding hydrogens is 383 g/mol. The third-order valence-corrected chi connectivity index (χ3v) is 6.39. The molecule has 1 aromatic carbocycles. The van der Waals surface area contributed by atoms with Crippen molar-refractivity contribution in [3.63, 3.8) is 0 Å². The molecule has 27 heavy (non-hydrogen) atoms. The molecule has 0 bridgehead atoms. The monoisotopic (exact) mass is 410 g/mol. The van der Waals surface area contributed by atoms with Crippen molar-refractivity contribution in [3.05, 3.63) is 46.1 Å². The molecule has 7 heteroatoms. The Hall–Kier alpha value is -1.57. The van der Waals surface area contributed by atoms with Crippen LogP contribution in [0.3, 0.4) is 0 Å². The fraction of sp³-hybridized carbons (Fsp3) is 0.450. The van der Waals surface area contributed by atoms with Crippen molar-refractivity contribution in [1.82, 2.24) is 4.72 Å². The predicted octanol–water partition coefficient (Wildman–Crippen LogP) is 6.19. The molecule has 0 aliphatic rings. The minimum atomic E-state index is -0.905. The number of carbonyl (C=O) groups is 1. The molecule has 0 spiro atoms. The molecule has 148 valence electrons. The predicted molar refractivity (Wildman–Crippen MR) is 112 cm³/mol. The molecule has 0 atom stereocenters. The van der Waals surface area contributed by atoms with Crippen LogP contribution in [0.4, 0.5) is 14.9 Å². The molecule has 3 N–H and O–H groups in total. The van der Waals surface area contributed by atoms with E-state index in [9.17, 15) is 14.3 Å². The van der Waals surface area contributed by atoms with Gasteiger partial charge in [0, 0.05) is 10.6 Å². The van der Waals surface area contributed by atoms with Gasteiger partial charge in [0.15, 0.2) is 0 Å². The second-order valence-electron chi connectivity index (χ2n) is 7.60. The van der Waals surface area contributed by atoms with Crippen molar-refractivity contribution >= 4 is 35.0 Å². The van der Waals surface area contributed by atoms with Crippen LogP contribution in [0.5, 0.6) is 0 Å². The Morgan fingerprint density at radius 2 is 1.70 bits per heavy atom. The van der Waals surface area contributed by atoms with Crippen molar-refractivity contribution in [3.8, 4) is 0 Å². The molecule has 0 saturated carbocycles. The Bertz CT molecular complexity index is 782. The van der Waals surface area contributed by atoms with Gasteiger partial charge in [0.25, 0.3) is 0 Å². The van der Waals surface area contributed by atoms with Gasteiger partial charge in [-0.25, -0.2) is 9.18 Å². The first-order valence-corrected chi connectivity index (χ1v) is 10.5. The van der Waals surface area contributed by atoms with Gasteiger partial charge in [0.05, 0.1) is 9.81 Å². The van der Waals surface area contributed by atoms with Crippen LogP contribution in [0.2, 0.25) is 0 Å². The summed E-state index contributed by atoms with van der Waals surface area (Å²) in [7, 11) is 0. The van der Waals surface area contributed by atoms with Gasteiger partial charge >= 0.3 is 6.03 Å². The van der Waals surface area contributed by atoms with E-state index in [-0.39, 0.29) is 23.7 Å². The first-order valence-electron chi connectivity index (χ1n) is 8.89. The average molecular weight is 411 g/mol. The van der Waals surface area contributed by atoms with Gasteiger partial charge < -0.3 is 10.4 Å². The number of benzene rings is 1. The lowest BCUT2D eigenvalue weighted by Crippen LogP contribution is -2.24. The average Bonchev–Trinajstić information content (AvgIpc) is 3.03. The summed E-state index contributed by atoms with van der Waals surface area (Å²) in [4.78, 5) is 13.3. The molecule has 0 aliphatic carbocycles. The summed E-state index contributed by atoms with van der Waals surface area (Å²) >= 11 is 2.61. The van der Waals surface area contributed by atoms with Gasteiger partial charge in [0.1, 0.15) is 5.82 Å². The second-order valence-corrected chi connectivity index (χ2v) is 9.79. The van der Waals surface area contributed by atoms with Gasteiger partial charge in [-0.3, -0.25) is 4.72 Å². The molecule has 4 nitrogen and oxygen atoms in total. The molecule has 0 saturated heterocycles. The van der Waals surface area contributed by atoms with Crippen molar-refractivity contribution in [2.75, 3.05) is 5.32 Å². The maximum absolute atomic E-state index is 14.0. The topological polar surface area (TPSA) is 61.4 Å². The molecule has 1 aromatic heterocycles. The Kier molecular flexibility index (Phi) is 6.94. The van der Waals surface area contributed by atoms with Crippen LogP contribution < -0.4 is 10.0 Å². The van der Waals surface area contributed by atoms with E-state index in [1.54, 1.807) is 13.8 Å². The number of halogens is 1. The lowest BCUT2D eigenvalue weighted by Gasteiger charge is -2.20. The number of aliphatic hydroxyl groups is 1. The van der Waals surface area contributed by atoms with Crippen LogP contribution in [0.15, 0.2) is 28.5 Å². The van der Waals surface area contributed by atoms with Crippen molar-refractivity contribution in [2.24, 2.45) is 0 Å². The smallest absolute Gasteiger partial charge is 0.329 e. The van der Waals surface area contributed by atoms with E-state index in [0.717, 1.165) is 20.2 Å². The van der Waals surface area contributed by atoms with Gasteiger partial charge in [0.2, 0.25) is 0 Å². The lowest BCUT2D eigenvalue weighted by atomic mass is 9.92. The Morgan fingerprint density at radius 3 is 2.15 bits per heavy atom. The lowest BCUT2D eigenvalue weighted by molar-refractivity contribution is 0.0825. The summed E-state index contributed by atoms with van der Waals surface area (Å²) < 4.78 is 17.6. The van der Waals surface area contributed by atoms with Crippen LogP contribution in [0.25, 0.3) is 0 Å². The Balaban J connectivity index is 2.14. The number of urea groups is 1. The number of hydrogen-bond acceptors (Lipinski definition) is 4. The number of anilines is 1. The minimum absolute atomic E-state index is 0.0767. The van der Waals surface area contributed by atoms with Crippen LogP contribution in [0.1, 0.15) is 69.4 Å². The number of thiophene rings is 1. The van der Waals surface area contributed by atoms with E-state index >= 15 is 0 Å². The summed E-state index contributed by atoms with van der Waals surface area (Å²) in [6, 6.07) is 6.30. The molecule has 2 rings (SSSR count). The third kappa shape index (κ3) is 5.70. The van der Waals surface area contributed by atoms with Crippen molar-refractivity contribution < 1.29 is 14.3 Å². The van der Waals surface area contributed by atoms with Crippen LogP contribution in [0, 0.1) is 5.82 Å². The van der Waals surface area contributed by atoms with E-state index in [0.29, 0.717) is 5.69 Å². The van der Waals surface area contributed by atoms with E-state index in [1.165, 1.54) is 35.4 Å². The highest BCUT2D eigenvalue weighted by Crippen LogP contribution is 2.34. The standard InChI is InChI=1S/C20H27FN2O2S2/c1-11(2)14-9-13(21)10-15(12(3)4)18(14)22-19(24)23-27-17-8-7-16(26-17)20(5,6)25/h7-12,25H,1-6H3,(H2,22,23,24). The molecule has 0 radical (unpaired) electrons.